The van der Waals surface area contributed by atoms with Crippen molar-refractivity contribution in [1.82, 2.24) is 18.6 Å². The van der Waals surface area contributed by atoms with Gasteiger partial charge in [0.25, 0.3) is 0 Å². The lowest BCUT2D eigenvalue weighted by Crippen LogP contribution is -2.37. The van der Waals surface area contributed by atoms with Gasteiger partial charge in [0.2, 0.25) is 15.9 Å². The Labute approximate surface area is 133 Å². The summed E-state index contributed by atoms with van der Waals surface area (Å²) in [6, 6.07) is 0. The van der Waals surface area contributed by atoms with Crippen LogP contribution in [0.25, 0.3) is 4.96 Å². The van der Waals surface area contributed by atoms with E-state index in [1.165, 1.54) is 21.9 Å². The number of aromatic nitrogens is 2. The monoisotopic (exact) mass is 342 g/mol. The summed E-state index contributed by atoms with van der Waals surface area (Å²) in [6.07, 6.45) is 5.91. The smallest absolute Gasteiger partial charge is 0.228 e. The summed E-state index contributed by atoms with van der Waals surface area (Å²) < 4.78 is 26.5. The molecular weight excluding hydrogens is 324 g/mol. The van der Waals surface area contributed by atoms with Gasteiger partial charge in [-0.3, -0.25) is 9.20 Å². The maximum atomic E-state index is 12.4. The van der Waals surface area contributed by atoms with Crippen molar-refractivity contribution in [2.45, 2.75) is 12.8 Å². The second-order valence-corrected chi connectivity index (χ2v) is 8.25. The lowest BCUT2D eigenvalue weighted by atomic mass is 10.3. The molecule has 7 nitrogen and oxygen atoms in total. The molecule has 3 heterocycles. The van der Waals surface area contributed by atoms with Crippen molar-refractivity contribution in [3.63, 3.8) is 0 Å². The Morgan fingerprint density at radius 1 is 1.32 bits per heavy atom. The molecule has 0 unspecified atom stereocenters. The van der Waals surface area contributed by atoms with Crippen LogP contribution in [0.2, 0.25) is 0 Å². The SMILES string of the molecule is CS(=O)(=O)N1CCCN(C(=O)Cc2cn3ccsc3n2)CC1. The van der Waals surface area contributed by atoms with Gasteiger partial charge in [-0.2, -0.15) is 0 Å². The van der Waals surface area contributed by atoms with E-state index in [-0.39, 0.29) is 12.3 Å². The molecule has 0 spiro atoms. The van der Waals surface area contributed by atoms with E-state index in [0.29, 0.717) is 32.6 Å². The van der Waals surface area contributed by atoms with Crippen LogP contribution < -0.4 is 0 Å². The van der Waals surface area contributed by atoms with Crippen molar-refractivity contribution in [2.24, 2.45) is 0 Å². The fourth-order valence-corrected chi connectivity index (χ4v) is 4.20. The Morgan fingerprint density at radius 3 is 2.86 bits per heavy atom. The summed E-state index contributed by atoms with van der Waals surface area (Å²) in [6.45, 7) is 1.87. The highest BCUT2D eigenvalue weighted by molar-refractivity contribution is 7.88. The van der Waals surface area contributed by atoms with Crippen LogP contribution >= 0.6 is 11.3 Å². The summed E-state index contributed by atoms with van der Waals surface area (Å²) in [5.74, 6) is 0.00102. The van der Waals surface area contributed by atoms with Gasteiger partial charge in [-0.25, -0.2) is 17.7 Å². The van der Waals surface area contributed by atoms with E-state index in [1.807, 2.05) is 22.2 Å². The van der Waals surface area contributed by atoms with Gasteiger partial charge in [0, 0.05) is 44.0 Å². The Hall–Kier alpha value is -1.45. The van der Waals surface area contributed by atoms with Crippen molar-refractivity contribution in [3.8, 4) is 0 Å². The number of imidazole rings is 1. The first-order valence-corrected chi connectivity index (χ1v) is 9.80. The highest BCUT2D eigenvalue weighted by atomic mass is 32.2. The molecule has 22 heavy (non-hydrogen) atoms. The molecule has 1 amide bonds. The molecule has 0 radical (unpaired) electrons. The third kappa shape index (κ3) is 3.31. The summed E-state index contributed by atoms with van der Waals surface area (Å²) in [5.41, 5.74) is 0.751. The van der Waals surface area contributed by atoms with Gasteiger partial charge >= 0.3 is 0 Å². The lowest BCUT2D eigenvalue weighted by Gasteiger charge is -2.20. The van der Waals surface area contributed by atoms with E-state index >= 15 is 0 Å². The van der Waals surface area contributed by atoms with Crippen LogP contribution in [-0.2, 0) is 21.2 Å². The first-order chi connectivity index (χ1) is 10.4. The molecule has 9 heteroatoms. The van der Waals surface area contributed by atoms with Crippen molar-refractivity contribution in [3.05, 3.63) is 23.5 Å². The molecule has 0 N–H and O–H groups in total. The molecule has 1 aliphatic rings. The average molecular weight is 342 g/mol. The third-order valence-electron chi connectivity index (χ3n) is 3.75. The summed E-state index contributed by atoms with van der Waals surface area (Å²) in [7, 11) is -3.19. The Morgan fingerprint density at radius 2 is 2.14 bits per heavy atom. The number of rotatable bonds is 3. The van der Waals surface area contributed by atoms with Crippen LogP contribution in [0.3, 0.4) is 0 Å². The first kappa shape index (κ1) is 15.4. The van der Waals surface area contributed by atoms with E-state index in [1.54, 1.807) is 4.90 Å². The minimum Gasteiger partial charge on any atom is -0.341 e. The fraction of sp³-hybridized carbons (Fsp3) is 0.538. The predicted octanol–water partition coefficient (Wildman–Crippen LogP) is 0.432. The van der Waals surface area contributed by atoms with Crippen LogP contribution in [-0.4, -0.2) is 65.3 Å². The van der Waals surface area contributed by atoms with E-state index in [4.69, 9.17) is 0 Å². The predicted molar refractivity (Wildman–Crippen MR) is 84.4 cm³/mol. The van der Waals surface area contributed by atoms with Gasteiger partial charge in [0.05, 0.1) is 18.4 Å². The Kier molecular flexibility index (Phi) is 4.20. The van der Waals surface area contributed by atoms with E-state index in [0.717, 1.165) is 10.7 Å². The Balaban J connectivity index is 1.63. The summed E-state index contributed by atoms with van der Waals surface area (Å²) in [4.78, 5) is 19.4. The van der Waals surface area contributed by atoms with Gasteiger partial charge in [-0.1, -0.05) is 0 Å². The first-order valence-electron chi connectivity index (χ1n) is 7.07. The normalized spacial score (nSPS) is 17.8. The van der Waals surface area contributed by atoms with E-state index in [2.05, 4.69) is 4.98 Å². The van der Waals surface area contributed by atoms with Crippen molar-refractivity contribution in [2.75, 3.05) is 32.4 Å². The van der Waals surface area contributed by atoms with Gasteiger partial charge in [-0.15, -0.1) is 11.3 Å². The second-order valence-electron chi connectivity index (χ2n) is 5.40. The number of carbonyl (C=O) groups is 1. The molecular formula is C13H18N4O3S2. The molecule has 0 saturated carbocycles. The fourth-order valence-electron chi connectivity index (χ4n) is 2.60. The molecule has 0 aromatic carbocycles. The van der Waals surface area contributed by atoms with E-state index in [9.17, 15) is 13.2 Å². The number of amides is 1. The maximum Gasteiger partial charge on any atom is 0.228 e. The summed E-state index contributed by atoms with van der Waals surface area (Å²) in [5, 5.41) is 1.95. The van der Waals surface area contributed by atoms with Crippen LogP contribution in [0.1, 0.15) is 12.1 Å². The van der Waals surface area contributed by atoms with Gasteiger partial charge in [0.1, 0.15) is 0 Å². The van der Waals surface area contributed by atoms with Gasteiger partial charge in [0.15, 0.2) is 4.96 Å². The Bertz CT molecular complexity index is 752. The topological polar surface area (TPSA) is 75.0 Å². The molecule has 0 atom stereocenters. The third-order valence-corrected chi connectivity index (χ3v) is 5.83. The highest BCUT2D eigenvalue weighted by Gasteiger charge is 2.24. The van der Waals surface area contributed by atoms with Crippen molar-refractivity contribution >= 4 is 32.2 Å². The molecule has 3 rings (SSSR count). The van der Waals surface area contributed by atoms with E-state index < -0.39 is 10.0 Å². The molecule has 2 aromatic rings. The molecule has 1 aliphatic heterocycles. The van der Waals surface area contributed by atoms with Gasteiger partial charge < -0.3 is 4.90 Å². The number of hydrogen-bond donors (Lipinski definition) is 0. The molecule has 1 saturated heterocycles. The number of carbonyl (C=O) groups excluding carboxylic acids is 1. The number of hydrogen-bond acceptors (Lipinski definition) is 5. The summed E-state index contributed by atoms with van der Waals surface area (Å²) >= 11 is 1.53. The van der Waals surface area contributed by atoms with Crippen LogP contribution in [0.15, 0.2) is 17.8 Å². The van der Waals surface area contributed by atoms with Crippen LogP contribution in [0.5, 0.6) is 0 Å². The zero-order chi connectivity index (χ0) is 15.7. The minimum absolute atomic E-state index is 0.00102. The van der Waals surface area contributed by atoms with Gasteiger partial charge in [-0.05, 0) is 6.42 Å². The molecule has 0 aliphatic carbocycles. The number of thiazole rings is 1. The largest absolute Gasteiger partial charge is 0.341 e. The highest BCUT2D eigenvalue weighted by Crippen LogP contribution is 2.13. The van der Waals surface area contributed by atoms with Crippen LogP contribution in [0.4, 0.5) is 0 Å². The minimum atomic E-state index is -3.19. The average Bonchev–Trinajstić information content (AvgIpc) is 2.89. The molecule has 0 bridgehead atoms. The van der Waals surface area contributed by atoms with Crippen LogP contribution in [0, 0.1) is 0 Å². The quantitative estimate of drug-likeness (QED) is 0.811. The zero-order valence-corrected chi connectivity index (χ0v) is 13.9. The second kappa shape index (κ2) is 5.98. The zero-order valence-electron chi connectivity index (χ0n) is 12.3. The number of nitrogens with zero attached hydrogens (tertiary/aromatic N) is 4. The van der Waals surface area contributed by atoms with Crippen molar-refractivity contribution < 1.29 is 13.2 Å². The maximum absolute atomic E-state index is 12.4. The molecule has 120 valence electrons. The number of sulfonamides is 1. The lowest BCUT2D eigenvalue weighted by molar-refractivity contribution is -0.130. The number of fused-ring (bicyclic) bond motifs is 1. The van der Waals surface area contributed by atoms with Crippen molar-refractivity contribution in [1.29, 1.82) is 0 Å². The molecule has 2 aromatic heterocycles. The molecule has 1 fully saturated rings. The standard InChI is InChI=1S/C13H18N4O3S2/c1-22(19,20)17-4-2-3-15(5-6-17)12(18)9-11-10-16-7-8-21-13(16)14-11/h7-8,10H,2-6,9H2,1H3.